The summed E-state index contributed by atoms with van der Waals surface area (Å²) in [5.41, 5.74) is -0.490. The van der Waals surface area contributed by atoms with E-state index in [9.17, 15) is 22.8 Å². The molecule has 1 unspecified atom stereocenters. The van der Waals surface area contributed by atoms with Crippen LogP contribution in [0.5, 0.6) is 0 Å². The van der Waals surface area contributed by atoms with Gasteiger partial charge in [0.15, 0.2) is 17.5 Å². The lowest BCUT2D eigenvalue weighted by Gasteiger charge is -2.13. The van der Waals surface area contributed by atoms with E-state index in [1.54, 1.807) is 6.92 Å². The van der Waals surface area contributed by atoms with Gasteiger partial charge < -0.3 is 16.0 Å². The van der Waals surface area contributed by atoms with E-state index in [4.69, 9.17) is 0 Å². The zero-order valence-electron chi connectivity index (χ0n) is 12.7. The molecule has 0 bridgehead atoms. The zero-order valence-corrected chi connectivity index (χ0v) is 13.5. The van der Waals surface area contributed by atoms with Crippen molar-refractivity contribution in [1.82, 2.24) is 10.6 Å². The minimum Gasteiger partial charge on any atom is -0.346 e. The van der Waals surface area contributed by atoms with Crippen LogP contribution in [0.4, 0.5) is 18.9 Å². The number of anilines is 1. The molecule has 0 spiro atoms. The van der Waals surface area contributed by atoms with E-state index in [-0.39, 0.29) is 12.4 Å². The lowest BCUT2D eigenvalue weighted by atomic mass is 10.2. The van der Waals surface area contributed by atoms with Crippen LogP contribution in [0, 0.1) is 17.5 Å². The third-order valence-electron chi connectivity index (χ3n) is 2.83. The summed E-state index contributed by atoms with van der Waals surface area (Å²) < 4.78 is 39.1. The molecule has 130 valence electrons. The summed E-state index contributed by atoms with van der Waals surface area (Å²) in [5, 5.41) is 7.35. The third kappa shape index (κ3) is 6.45. The Morgan fingerprint density at radius 1 is 1.17 bits per heavy atom. The summed E-state index contributed by atoms with van der Waals surface area (Å²) >= 11 is 0. The maximum absolute atomic E-state index is 13.4. The topological polar surface area (TPSA) is 70.2 Å². The van der Waals surface area contributed by atoms with E-state index in [2.05, 4.69) is 16.0 Å². The van der Waals surface area contributed by atoms with Crippen molar-refractivity contribution in [2.24, 2.45) is 0 Å². The molecule has 0 radical (unpaired) electrons. The molecule has 1 rings (SSSR count). The van der Waals surface area contributed by atoms with Crippen molar-refractivity contribution in [2.75, 3.05) is 18.4 Å². The molecule has 0 fully saturated rings. The predicted molar refractivity (Wildman–Crippen MR) is 83.0 cm³/mol. The fraction of sp³-hybridized carbons (Fsp3) is 0.429. The van der Waals surface area contributed by atoms with Crippen molar-refractivity contribution in [3.63, 3.8) is 0 Å². The van der Waals surface area contributed by atoms with Gasteiger partial charge in [0.2, 0.25) is 11.8 Å². The molecule has 5 nitrogen and oxygen atoms in total. The maximum atomic E-state index is 13.4. The summed E-state index contributed by atoms with van der Waals surface area (Å²) in [6, 6.07) is 1.12. The fourth-order valence-electron chi connectivity index (χ4n) is 1.59. The van der Waals surface area contributed by atoms with Gasteiger partial charge >= 0.3 is 0 Å². The van der Waals surface area contributed by atoms with Crippen molar-refractivity contribution >= 4 is 29.9 Å². The van der Waals surface area contributed by atoms with Gasteiger partial charge in [-0.1, -0.05) is 6.92 Å². The highest BCUT2D eigenvalue weighted by molar-refractivity contribution is 5.95. The van der Waals surface area contributed by atoms with E-state index in [0.717, 1.165) is 12.5 Å². The number of carbonyl (C=O) groups is 2. The number of amides is 2. The largest absolute Gasteiger partial charge is 0.346 e. The van der Waals surface area contributed by atoms with Gasteiger partial charge in [0.1, 0.15) is 0 Å². The summed E-state index contributed by atoms with van der Waals surface area (Å²) in [5.74, 6) is -5.65. The zero-order chi connectivity index (χ0) is 16.7. The van der Waals surface area contributed by atoms with Crippen LogP contribution in [0.1, 0.15) is 20.3 Å². The molecule has 2 amide bonds. The Morgan fingerprint density at radius 2 is 1.83 bits per heavy atom. The molecule has 23 heavy (non-hydrogen) atoms. The molecule has 1 atom stereocenters. The molecule has 0 saturated heterocycles. The molecule has 1 aromatic rings. The smallest absolute Gasteiger partial charge is 0.243 e. The molecule has 0 aliphatic heterocycles. The van der Waals surface area contributed by atoms with Gasteiger partial charge in [0.25, 0.3) is 0 Å². The van der Waals surface area contributed by atoms with E-state index in [1.165, 1.54) is 0 Å². The van der Waals surface area contributed by atoms with Crippen LogP contribution < -0.4 is 16.0 Å². The highest BCUT2D eigenvalue weighted by atomic mass is 35.5. The van der Waals surface area contributed by atoms with Gasteiger partial charge in [0, 0.05) is 0 Å². The molecular weight excluding hydrogens is 335 g/mol. The Bertz CT molecular complexity index is 558. The SMILES string of the molecule is CCCNC(C)C(=O)NCC(=O)Nc1ccc(F)c(F)c1F.Cl. The lowest BCUT2D eigenvalue weighted by Crippen LogP contribution is -2.44. The second-order valence-corrected chi connectivity index (χ2v) is 4.66. The van der Waals surface area contributed by atoms with Crippen LogP contribution in [0.25, 0.3) is 0 Å². The van der Waals surface area contributed by atoms with Crippen molar-refractivity contribution in [3.8, 4) is 0 Å². The van der Waals surface area contributed by atoms with Crippen molar-refractivity contribution in [2.45, 2.75) is 26.3 Å². The normalized spacial score (nSPS) is 11.3. The Labute approximate surface area is 138 Å². The summed E-state index contributed by atoms with van der Waals surface area (Å²) in [7, 11) is 0. The summed E-state index contributed by atoms with van der Waals surface area (Å²) in [4.78, 5) is 23.2. The first-order valence-electron chi connectivity index (χ1n) is 6.81. The fourth-order valence-corrected chi connectivity index (χ4v) is 1.59. The number of halogens is 4. The second-order valence-electron chi connectivity index (χ2n) is 4.66. The Balaban J connectivity index is 0.00000484. The molecule has 0 aliphatic rings. The maximum Gasteiger partial charge on any atom is 0.243 e. The molecule has 0 aliphatic carbocycles. The molecule has 0 aromatic heterocycles. The van der Waals surface area contributed by atoms with Crippen LogP contribution in [-0.4, -0.2) is 30.9 Å². The van der Waals surface area contributed by atoms with Gasteiger partial charge in [-0.2, -0.15) is 0 Å². The first-order chi connectivity index (χ1) is 10.4. The molecule has 1 aromatic carbocycles. The highest BCUT2D eigenvalue weighted by Crippen LogP contribution is 2.19. The van der Waals surface area contributed by atoms with Crippen molar-refractivity contribution in [1.29, 1.82) is 0 Å². The average Bonchev–Trinajstić information content (AvgIpc) is 2.50. The summed E-state index contributed by atoms with van der Waals surface area (Å²) in [6.45, 7) is 3.83. The minimum atomic E-state index is -1.67. The van der Waals surface area contributed by atoms with Crippen LogP contribution >= 0.6 is 12.4 Å². The number of rotatable bonds is 7. The Hall–Kier alpha value is -1.80. The second kappa shape index (κ2) is 10.1. The van der Waals surface area contributed by atoms with Crippen molar-refractivity contribution < 1.29 is 22.8 Å². The van der Waals surface area contributed by atoms with E-state index >= 15 is 0 Å². The number of nitrogens with one attached hydrogen (secondary N) is 3. The predicted octanol–water partition coefficient (Wildman–Crippen LogP) is 1.97. The molecule has 9 heteroatoms. The number of carbonyl (C=O) groups excluding carboxylic acids is 2. The average molecular weight is 354 g/mol. The third-order valence-corrected chi connectivity index (χ3v) is 2.83. The standard InChI is InChI=1S/C14H18F3N3O2.ClH/c1-3-6-18-8(2)14(22)19-7-11(21)20-10-5-4-9(15)12(16)13(10)17;/h4-5,8,18H,3,6-7H2,1-2H3,(H,19,22)(H,20,21);1H. The van der Waals surface area contributed by atoms with Crippen LogP contribution in [0.3, 0.4) is 0 Å². The van der Waals surface area contributed by atoms with Crippen LogP contribution in [0.15, 0.2) is 12.1 Å². The van der Waals surface area contributed by atoms with Gasteiger partial charge in [-0.05, 0) is 32.0 Å². The van der Waals surface area contributed by atoms with Crippen LogP contribution in [0.2, 0.25) is 0 Å². The van der Waals surface area contributed by atoms with Gasteiger partial charge in [-0.15, -0.1) is 12.4 Å². The molecule has 0 saturated carbocycles. The minimum absolute atomic E-state index is 0. The van der Waals surface area contributed by atoms with Gasteiger partial charge in [-0.3, -0.25) is 9.59 Å². The number of hydrogen-bond acceptors (Lipinski definition) is 3. The van der Waals surface area contributed by atoms with Gasteiger partial charge in [0.05, 0.1) is 18.3 Å². The monoisotopic (exact) mass is 353 g/mol. The summed E-state index contributed by atoms with van der Waals surface area (Å²) in [6.07, 6.45) is 0.855. The van der Waals surface area contributed by atoms with E-state index in [1.807, 2.05) is 6.92 Å². The lowest BCUT2D eigenvalue weighted by molar-refractivity contribution is -0.125. The number of benzene rings is 1. The van der Waals surface area contributed by atoms with Crippen LogP contribution in [-0.2, 0) is 9.59 Å². The Morgan fingerprint density at radius 3 is 2.43 bits per heavy atom. The van der Waals surface area contributed by atoms with E-state index < -0.39 is 47.5 Å². The van der Waals surface area contributed by atoms with Gasteiger partial charge in [-0.25, -0.2) is 13.2 Å². The quantitative estimate of drug-likeness (QED) is 0.656. The van der Waals surface area contributed by atoms with E-state index in [0.29, 0.717) is 12.6 Å². The molecule has 0 heterocycles. The highest BCUT2D eigenvalue weighted by Gasteiger charge is 2.16. The van der Waals surface area contributed by atoms with Crippen molar-refractivity contribution in [3.05, 3.63) is 29.6 Å². The number of hydrogen-bond donors (Lipinski definition) is 3. The molecular formula is C14H19ClF3N3O2. The first kappa shape index (κ1) is 21.2. The Kier molecular flexibility index (Phi) is 9.28. The molecule has 3 N–H and O–H groups in total. The first-order valence-corrected chi connectivity index (χ1v) is 6.81.